The van der Waals surface area contributed by atoms with Crippen molar-refractivity contribution in [1.82, 2.24) is 19.8 Å². The second-order valence-electron chi connectivity index (χ2n) is 5.44. The fourth-order valence-electron chi connectivity index (χ4n) is 2.94. The first-order valence-corrected chi connectivity index (χ1v) is 7.10. The van der Waals surface area contributed by atoms with Gasteiger partial charge < -0.3 is 9.88 Å². The van der Waals surface area contributed by atoms with Crippen molar-refractivity contribution in [3.05, 3.63) is 18.2 Å². The molecule has 4 heteroatoms. The fourth-order valence-corrected chi connectivity index (χ4v) is 2.94. The Hall–Kier alpha value is -0.870. The van der Waals surface area contributed by atoms with Crippen molar-refractivity contribution in [3.8, 4) is 0 Å². The molecule has 1 aliphatic rings. The highest BCUT2D eigenvalue weighted by molar-refractivity contribution is 4.92. The Labute approximate surface area is 110 Å². The van der Waals surface area contributed by atoms with Gasteiger partial charge in [0.2, 0.25) is 0 Å². The molecule has 4 nitrogen and oxygen atoms in total. The summed E-state index contributed by atoms with van der Waals surface area (Å²) in [5.41, 5.74) is 0. The van der Waals surface area contributed by atoms with Gasteiger partial charge in [-0.05, 0) is 32.9 Å². The van der Waals surface area contributed by atoms with Crippen molar-refractivity contribution in [2.45, 2.75) is 51.2 Å². The number of aromatic nitrogens is 2. The Bertz CT molecular complexity index is 358. The first-order valence-electron chi connectivity index (χ1n) is 7.10. The number of hydrogen-bond acceptors (Lipinski definition) is 3. The molecule has 1 saturated carbocycles. The Kier molecular flexibility index (Phi) is 4.78. The molecule has 0 aromatic carbocycles. The van der Waals surface area contributed by atoms with Crippen molar-refractivity contribution < 1.29 is 0 Å². The van der Waals surface area contributed by atoms with Crippen molar-refractivity contribution >= 4 is 0 Å². The Morgan fingerprint density at radius 3 is 3.00 bits per heavy atom. The van der Waals surface area contributed by atoms with Gasteiger partial charge in [-0.1, -0.05) is 13.3 Å². The van der Waals surface area contributed by atoms with Gasteiger partial charge in [-0.15, -0.1) is 0 Å². The third kappa shape index (κ3) is 3.33. The molecule has 0 spiro atoms. The summed E-state index contributed by atoms with van der Waals surface area (Å²) in [4.78, 5) is 6.88. The normalized spacial score (nSPS) is 24.7. The van der Waals surface area contributed by atoms with Crippen LogP contribution >= 0.6 is 0 Å². The monoisotopic (exact) mass is 250 g/mol. The van der Waals surface area contributed by atoms with Crippen LogP contribution in [0.3, 0.4) is 0 Å². The summed E-state index contributed by atoms with van der Waals surface area (Å²) in [6, 6.07) is 1.40. The largest absolute Gasteiger partial charge is 0.337 e. The van der Waals surface area contributed by atoms with E-state index in [-0.39, 0.29) is 0 Å². The molecule has 1 aromatic heterocycles. The Morgan fingerprint density at radius 1 is 1.50 bits per heavy atom. The zero-order valence-electron chi connectivity index (χ0n) is 11.9. The maximum absolute atomic E-state index is 4.41. The third-order valence-corrected chi connectivity index (χ3v) is 4.07. The molecule has 0 radical (unpaired) electrons. The van der Waals surface area contributed by atoms with Crippen molar-refractivity contribution in [1.29, 1.82) is 0 Å². The molecule has 1 N–H and O–H groups in total. The van der Waals surface area contributed by atoms with E-state index in [0.717, 1.165) is 18.9 Å². The molecule has 18 heavy (non-hydrogen) atoms. The van der Waals surface area contributed by atoms with Gasteiger partial charge in [0.05, 0.1) is 6.54 Å². The van der Waals surface area contributed by atoms with E-state index < -0.39 is 0 Å². The standard InChI is InChI=1S/C14H26N4/c1-4-15-12-6-5-7-13(10-12)18(3)11-14-16-8-9-17(14)2/h8-9,12-13,15H,4-7,10-11H2,1-3H3. The highest BCUT2D eigenvalue weighted by Gasteiger charge is 2.24. The second-order valence-corrected chi connectivity index (χ2v) is 5.44. The zero-order chi connectivity index (χ0) is 13.0. The Balaban J connectivity index is 1.88. The van der Waals surface area contributed by atoms with Crippen molar-refractivity contribution in [2.24, 2.45) is 7.05 Å². The maximum Gasteiger partial charge on any atom is 0.122 e. The van der Waals surface area contributed by atoms with E-state index >= 15 is 0 Å². The summed E-state index contributed by atoms with van der Waals surface area (Å²) < 4.78 is 2.11. The predicted molar refractivity (Wildman–Crippen MR) is 74.4 cm³/mol. The number of rotatable bonds is 5. The van der Waals surface area contributed by atoms with E-state index in [1.165, 1.54) is 25.7 Å². The predicted octanol–water partition coefficient (Wildman–Crippen LogP) is 1.77. The van der Waals surface area contributed by atoms with Crippen LogP contribution in [-0.4, -0.2) is 40.1 Å². The van der Waals surface area contributed by atoms with Crippen molar-refractivity contribution in [2.75, 3.05) is 13.6 Å². The van der Waals surface area contributed by atoms with Crippen LogP contribution in [0.15, 0.2) is 12.4 Å². The molecule has 1 fully saturated rings. The highest BCUT2D eigenvalue weighted by Crippen LogP contribution is 2.23. The lowest BCUT2D eigenvalue weighted by molar-refractivity contribution is 0.159. The van der Waals surface area contributed by atoms with E-state index in [1.807, 2.05) is 12.4 Å². The second kappa shape index (κ2) is 6.34. The quantitative estimate of drug-likeness (QED) is 0.864. The van der Waals surface area contributed by atoms with E-state index in [2.05, 4.69) is 40.8 Å². The van der Waals surface area contributed by atoms with Gasteiger partial charge in [-0.25, -0.2) is 4.98 Å². The van der Waals surface area contributed by atoms with Crippen LogP contribution in [0.4, 0.5) is 0 Å². The van der Waals surface area contributed by atoms with E-state index in [0.29, 0.717) is 12.1 Å². The minimum absolute atomic E-state index is 0.694. The van der Waals surface area contributed by atoms with Gasteiger partial charge in [0.15, 0.2) is 0 Å². The average Bonchev–Trinajstić information content (AvgIpc) is 2.76. The number of imidazole rings is 1. The summed E-state index contributed by atoms with van der Waals surface area (Å²) in [5.74, 6) is 1.16. The molecule has 1 aliphatic carbocycles. The maximum atomic E-state index is 4.41. The first kappa shape index (κ1) is 13.6. The van der Waals surface area contributed by atoms with Crippen LogP contribution in [0, 0.1) is 0 Å². The lowest BCUT2D eigenvalue weighted by atomic mass is 9.90. The summed E-state index contributed by atoms with van der Waals surface area (Å²) >= 11 is 0. The van der Waals surface area contributed by atoms with Crippen LogP contribution in [0.2, 0.25) is 0 Å². The molecular formula is C14H26N4. The van der Waals surface area contributed by atoms with Gasteiger partial charge in [0, 0.05) is 31.5 Å². The lowest BCUT2D eigenvalue weighted by Crippen LogP contribution is -2.42. The average molecular weight is 250 g/mol. The van der Waals surface area contributed by atoms with Crippen LogP contribution in [0.5, 0.6) is 0 Å². The molecular weight excluding hydrogens is 224 g/mol. The number of nitrogens with one attached hydrogen (secondary N) is 1. The number of nitrogens with zero attached hydrogens (tertiary/aromatic N) is 3. The molecule has 1 aromatic rings. The van der Waals surface area contributed by atoms with E-state index in [4.69, 9.17) is 0 Å². The SMILES string of the molecule is CCNC1CCCC(N(C)Cc2nccn2C)C1. The van der Waals surface area contributed by atoms with Crippen molar-refractivity contribution in [3.63, 3.8) is 0 Å². The molecule has 1 heterocycles. The number of aryl methyl sites for hydroxylation is 1. The minimum atomic E-state index is 0.694. The molecule has 102 valence electrons. The summed E-state index contributed by atoms with van der Waals surface area (Å²) in [6.07, 6.45) is 9.17. The minimum Gasteiger partial charge on any atom is -0.337 e. The molecule has 2 atom stereocenters. The van der Waals surface area contributed by atoms with Gasteiger partial charge in [-0.2, -0.15) is 0 Å². The van der Waals surface area contributed by atoms with Crippen LogP contribution in [-0.2, 0) is 13.6 Å². The van der Waals surface area contributed by atoms with E-state index in [1.54, 1.807) is 0 Å². The van der Waals surface area contributed by atoms with Gasteiger partial charge in [0.25, 0.3) is 0 Å². The van der Waals surface area contributed by atoms with Gasteiger partial charge in [0.1, 0.15) is 5.82 Å². The zero-order valence-corrected chi connectivity index (χ0v) is 11.9. The fraction of sp³-hybridized carbons (Fsp3) is 0.786. The molecule has 0 amide bonds. The summed E-state index contributed by atoms with van der Waals surface area (Å²) in [5, 5.41) is 3.59. The number of hydrogen-bond donors (Lipinski definition) is 1. The molecule has 0 saturated heterocycles. The molecule has 2 unspecified atom stereocenters. The van der Waals surface area contributed by atoms with Crippen LogP contribution < -0.4 is 5.32 Å². The van der Waals surface area contributed by atoms with Gasteiger partial charge >= 0.3 is 0 Å². The third-order valence-electron chi connectivity index (χ3n) is 4.07. The van der Waals surface area contributed by atoms with Crippen LogP contribution in [0.1, 0.15) is 38.4 Å². The lowest BCUT2D eigenvalue weighted by Gasteiger charge is -2.35. The molecule has 0 bridgehead atoms. The Morgan fingerprint density at radius 2 is 2.33 bits per heavy atom. The highest BCUT2D eigenvalue weighted by atomic mass is 15.2. The summed E-state index contributed by atoms with van der Waals surface area (Å²) in [6.45, 7) is 4.23. The molecule has 2 rings (SSSR count). The van der Waals surface area contributed by atoms with Crippen LogP contribution in [0.25, 0.3) is 0 Å². The van der Waals surface area contributed by atoms with E-state index in [9.17, 15) is 0 Å². The topological polar surface area (TPSA) is 33.1 Å². The summed E-state index contributed by atoms with van der Waals surface area (Å²) in [7, 11) is 4.30. The first-order chi connectivity index (χ1) is 8.70. The smallest absolute Gasteiger partial charge is 0.122 e. The van der Waals surface area contributed by atoms with Gasteiger partial charge in [-0.3, -0.25) is 4.90 Å². The molecule has 0 aliphatic heterocycles.